The molecule has 3 atom stereocenters. The van der Waals surface area contributed by atoms with Gasteiger partial charge in [-0.1, -0.05) is 12.5 Å². The molecular formula is C18H24FNO4. The van der Waals surface area contributed by atoms with Crippen LogP contribution in [-0.2, 0) is 9.53 Å². The van der Waals surface area contributed by atoms with Crippen LogP contribution in [0.5, 0.6) is 5.75 Å². The Kier molecular flexibility index (Phi) is 5.36. The number of hydrogen-bond donors (Lipinski definition) is 1. The van der Waals surface area contributed by atoms with E-state index in [-0.39, 0.29) is 36.3 Å². The molecule has 6 heteroatoms. The fourth-order valence-corrected chi connectivity index (χ4v) is 3.65. The highest BCUT2D eigenvalue weighted by Crippen LogP contribution is 2.32. The van der Waals surface area contributed by atoms with Gasteiger partial charge in [-0.3, -0.25) is 4.79 Å². The van der Waals surface area contributed by atoms with Gasteiger partial charge in [0.15, 0.2) is 18.2 Å². The van der Waals surface area contributed by atoms with E-state index in [0.717, 1.165) is 24.8 Å². The molecule has 1 amide bonds. The van der Waals surface area contributed by atoms with Gasteiger partial charge in [-0.15, -0.1) is 0 Å². The molecule has 5 nitrogen and oxygen atoms in total. The molecule has 0 aromatic heterocycles. The van der Waals surface area contributed by atoms with Gasteiger partial charge < -0.3 is 19.5 Å². The van der Waals surface area contributed by atoms with Gasteiger partial charge in [0.05, 0.1) is 25.4 Å². The van der Waals surface area contributed by atoms with E-state index in [1.807, 2.05) is 6.92 Å². The normalized spacial score (nSPS) is 27.3. The number of aryl methyl sites for hydroxylation is 1. The average Bonchev–Trinajstić information content (AvgIpc) is 3.01. The number of amides is 1. The van der Waals surface area contributed by atoms with Crippen LogP contribution < -0.4 is 4.74 Å². The average molecular weight is 337 g/mol. The first-order chi connectivity index (χ1) is 11.6. The molecular weight excluding hydrogens is 313 g/mol. The highest BCUT2D eigenvalue weighted by Gasteiger charge is 2.39. The summed E-state index contributed by atoms with van der Waals surface area (Å²) in [6.07, 6.45) is 2.25. The molecule has 2 aliphatic rings. The molecule has 1 aromatic rings. The summed E-state index contributed by atoms with van der Waals surface area (Å²) in [6.45, 7) is 3.02. The molecule has 1 aromatic carbocycles. The zero-order chi connectivity index (χ0) is 17.1. The lowest BCUT2D eigenvalue weighted by Gasteiger charge is -2.40. The number of ether oxygens (including phenoxy) is 2. The van der Waals surface area contributed by atoms with Crippen molar-refractivity contribution in [2.75, 3.05) is 26.4 Å². The van der Waals surface area contributed by atoms with Crippen molar-refractivity contribution in [3.05, 3.63) is 29.6 Å². The molecule has 3 rings (SSSR count). The molecule has 0 bridgehead atoms. The summed E-state index contributed by atoms with van der Waals surface area (Å²) in [7, 11) is 0. The summed E-state index contributed by atoms with van der Waals surface area (Å²) < 4.78 is 24.6. The highest BCUT2D eigenvalue weighted by molar-refractivity contribution is 5.78. The molecule has 1 saturated carbocycles. The number of aliphatic hydroxyl groups excluding tert-OH is 1. The van der Waals surface area contributed by atoms with Gasteiger partial charge in [-0.05, 0) is 37.5 Å². The number of hydrogen-bond acceptors (Lipinski definition) is 4. The summed E-state index contributed by atoms with van der Waals surface area (Å²) in [4.78, 5) is 14.3. The monoisotopic (exact) mass is 337 g/mol. The number of nitrogens with zero attached hydrogens (tertiary/aromatic N) is 1. The Balaban J connectivity index is 1.64. The zero-order valence-corrected chi connectivity index (χ0v) is 13.9. The molecule has 1 aliphatic heterocycles. The maximum absolute atomic E-state index is 13.7. The van der Waals surface area contributed by atoms with E-state index in [1.165, 1.54) is 6.07 Å². The Morgan fingerprint density at radius 1 is 1.46 bits per heavy atom. The number of halogens is 1. The van der Waals surface area contributed by atoms with E-state index in [2.05, 4.69) is 0 Å². The molecule has 1 N–H and O–H groups in total. The van der Waals surface area contributed by atoms with Gasteiger partial charge >= 0.3 is 0 Å². The second kappa shape index (κ2) is 7.49. The number of benzene rings is 1. The summed E-state index contributed by atoms with van der Waals surface area (Å²) in [5, 5.41) is 10.1. The minimum Gasteiger partial charge on any atom is -0.481 e. The minimum atomic E-state index is -0.474. The summed E-state index contributed by atoms with van der Waals surface area (Å²) in [5.74, 6) is -0.527. The fraction of sp³-hybridized carbons (Fsp3) is 0.611. The van der Waals surface area contributed by atoms with Crippen LogP contribution in [0.25, 0.3) is 0 Å². The minimum absolute atomic E-state index is 0.0463. The molecule has 1 saturated heterocycles. The number of carbonyl (C=O) groups is 1. The standard InChI is InChI=1S/C18H24FNO4/c1-12-5-6-14(19)17(9-12)24-11-18(22)20-7-8-23-10-15(20)13-3-2-4-16(13)21/h5-6,9,13,15-16,21H,2-4,7-8,10-11H2,1H3/t13-,15+,16+/m0/s1. The predicted octanol–water partition coefficient (Wildman–Crippen LogP) is 1.90. The lowest BCUT2D eigenvalue weighted by molar-refractivity contribution is -0.146. The van der Waals surface area contributed by atoms with E-state index in [1.54, 1.807) is 17.0 Å². The maximum atomic E-state index is 13.7. The van der Waals surface area contributed by atoms with E-state index in [9.17, 15) is 14.3 Å². The van der Waals surface area contributed by atoms with Crippen molar-refractivity contribution in [2.24, 2.45) is 5.92 Å². The Labute approximate surface area is 141 Å². The number of aliphatic hydroxyl groups is 1. The van der Waals surface area contributed by atoms with Crippen LogP contribution in [0.3, 0.4) is 0 Å². The van der Waals surface area contributed by atoms with Crippen molar-refractivity contribution in [1.82, 2.24) is 4.90 Å². The predicted molar refractivity (Wildman–Crippen MR) is 86.3 cm³/mol. The Morgan fingerprint density at radius 2 is 2.29 bits per heavy atom. The quantitative estimate of drug-likeness (QED) is 0.912. The van der Waals surface area contributed by atoms with Gasteiger partial charge in [0, 0.05) is 12.5 Å². The number of morpholine rings is 1. The number of rotatable bonds is 4. The van der Waals surface area contributed by atoms with Gasteiger partial charge in [-0.2, -0.15) is 0 Å². The van der Waals surface area contributed by atoms with E-state index < -0.39 is 5.82 Å². The third-order valence-electron chi connectivity index (χ3n) is 4.95. The van der Waals surface area contributed by atoms with Crippen LogP contribution in [-0.4, -0.2) is 54.4 Å². The second-order valence-corrected chi connectivity index (χ2v) is 6.61. The zero-order valence-electron chi connectivity index (χ0n) is 13.9. The highest BCUT2D eigenvalue weighted by atomic mass is 19.1. The van der Waals surface area contributed by atoms with Crippen LogP contribution in [0.15, 0.2) is 18.2 Å². The lowest BCUT2D eigenvalue weighted by atomic mass is 9.94. The van der Waals surface area contributed by atoms with Gasteiger partial charge in [-0.25, -0.2) is 4.39 Å². The second-order valence-electron chi connectivity index (χ2n) is 6.61. The third kappa shape index (κ3) is 3.70. The molecule has 1 aliphatic carbocycles. The van der Waals surface area contributed by atoms with Crippen molar-refractivity contribution in [2.45, 2.75) is 38.3 Å². The first kappa shape index (κ1) is 17.2. The SMILES string of the molecule is Cc1ccc(F)c(OCC(=O)N2CCOC[C@@H]2[C@@H]2CCC[C@H]2O)c1. The summed E-state index contributed by atoms with van der Waals surface area (Å²) >= 11 is 0. The lowest BCUT2D eigenvalue weighted by Crippen LogP contribution is -2.54. The van der Waals surface area contributed by atoms with Crippen molar-refractivity contribution in [1.29, 1.82) is 0 Å². The fourth-order valence-electron chi connectivity index (χ4n) is 3.65. The molecule has 24 heavy (non-hydrogen) atoms. The van der Waals surface area contributed by atoms with Crippen LogP contribution >= 0.6 is 0 Å². The van der Waals surface area contributed by atoms with Crippen molar-refractivity contribution in [3.63, 3.8) is 0 Å². The van der Waals surface area contributed by atoms with Crippen LogP contribution in [0, 0.1) is 18.7 Å². The van der Waals surface area contributed by atoms with Crippen LogP contribution in [0.2, 0.25) is 0 Å². The topological polar surface area (TPSA) is 59.0 Å². The Morgan fingerprint density at radius 3 is 3.04 bits per heavy atom. The molecule has 0 unspecified atom stereocenters. The smallest absolute Gasteiger partial charge is 0.260 e. The van der Waals surface area contributed by atoms with Crippen LogP contribution in [0.1, 0.15) is 24.8 Å². The van der Waals surface area contributed by atoms with E-state index in [4.69, 9.17) is 9.47 Å². The molecule has 0 spiro atoms. The molecule has 1 heterocycles. The van der Waals surface area contributed by atoms with Crippen LogP contribution in [0.4, 0.5) is 4.39 Å². The van der Waals surface area contributed by atoms with Gasteiger partial charge in [0.2, 0.25) is 0 Å². The maximum Gasteiger partial charge on any atom is 0.260 e. The van der Waals surface area contributed by atoms with Crippen molar-refractivity contribution < 1.29 is 23.8 Å². The van der Waals surface area contributed by atoms with Gasteiger partial charge in [0.1, 0.15) is 0 Å². The first-order valence-corrected chi connectivity index (χ1v) is 8.50. The van der Waals surface area contributed by atoms with E-state index in [0.29, 0.717) is 19.8 Å². The largest absolute Gasteiger partial charge is 0.481 e. The number of carbonyl (C=O) groups excluding carboxylic acids is 1. The molecule has 0 radical (unpaired) electrons. The van der Waals surface area contributed by atoms with Gasteiger partial charge in [0.25, 0.3) is 5.91 Å². The van der Waals surface area contributed by atoms with E-state index >= 15 is 0 Å². The van der Waals surface area contributed by atoms with Crippen molar-refractivity contribution in [3.8, 4) is 5.75 Å². The summed E-state index contributed by atoms with van der Waals surface area (Å²) in [6, 6.07) is 4.44. The Hall–Kier alpha value is -1.66. The first-order valence-electron chi connectivity index (χ1n) is 8.50. The third-order valence-corrected chi connectivity index (χ3v) is 4.95. The molecule has 2 fully saturated rings. The summed E-state index contributed by atoms with van der Waals surface area (Å²) in [5.41, 5.74) is 0.872. The molecule has 132 valence electrons. The van der Waals surface area contributed by atoms with Crippen molar-refractivity contribution >= 4 is 5.91 Å². The Bertz CT molecular complexity index is 594.